The van der Waals surface area contributed by atoms with Crippen LogP contribution >= 0.6 is 0 Å². The van der Waals surface area contributed by atoms with Gasteiger partial charge in [-0.05, 0) is 68.3 Å². The monoisotopic (exact) mass is 417 g/mol. The van der Waals surface area contributed by atoms with Gasteiger partial charge in [0.25, 0.3) is 11.6 Å². The smallest absolute Gasteiger partial charge is 0.280 e. The number of benzene rings is 2. The number of phenolic OH excluding ortho intramolecular Hbond substituents is 1. The van der Waals surface area contributed by atoms with Gasteiger partial charge in [-0.2, -0.15) is 10.1 Å². The Morgan fingerprint density at radius 2 is 1.84 bits per heavy atom. The Bertz CT molecular complexity index is 1290. The predicted octanol–water partition coefficient (Wildman–Crippen LogP) is 4.98. The normalized spacial score (nSPS) is 14.9. The molecule has 1 aromatic heterocycles. The maximum Gasteiger partial charge on any atom is 0.280 e. The number of hydrogen-bond acceptors (Lipinski definition) is 6. The van der Waals surface area contributed by atoms with E-state index in [4.69, 9.17) is 4.42 Å². The molecule has 0 unspecified atom stereocenters. The van der Waals surface area contributed by atoms with E-state index in [1.165, 1.54) is 23.2 Å². The molecule has 0 saturated carbocycles. The van der Waals surface area contributed by atoms with Crippen molar-refractivity contribution in [1.29, 1.82) is 0 Å². The topological polar surface area (TPSA) is 109 Å². The molecule has 3 aromatic rings. The number of furan rings is 1. The Hall–Kier alpha value is -4.20. The lowest BCUT2D eigenvalue weighted by Gasteiger charge is -2.13. The quantitative estimate of drug-likeness (QED) is 0.366. The van der Waals surface area contributed by atoms with Crippen molar-refractivity contribution in [3.05, 3.63) is 81.1 Å². The fourth-order valence-corrected chi connectivity index (χ4v) is 3.27. The molecule has 0 fully saturated rings. The number of anilines is 1. The highest BCUT2D eigenvalue weighted by Crippen LogP contribution is 2.34. The molecular formula is C23H19N3O5. The molecule has 1 aliphatic rings. The molecule has 0 saturated heterocycles. The maximum atomic E-state index is 13.0. The Labute approximate surface area is 177 Å². The van der Waals surface area contributed by atoms with Gasteiger partial charge in [-0.15, -0.1) is 0 Å². The SMILES string of the molecule is CC1=NN(c2ccc(C)c(C)c2)C(=O)/C1=C\c1ccc(-c2cc([N+](=O)[O-])ccc2O)o1. The zero-order valence-electron chi connectivity index (χ0n) is 17.1. The fourth-order valence-electron chi connectivity index (χ4n) is 3.27. The van der Waals surface area contributed by atoms with Gasteiger partial charge in [0.2, 0.25) is 0 Å². The van der Waals surface area contributed by atoms with E-state index >= 15 is 0 Å². The Morgan fingerprint density at radius 3 is 2.55 bits per heavy atom. The third-order valence-electron chi connectivity index (χ3n) is 5.17. The van der Waals surface area contributed by atoms with Crippen LogP contribution in [-0.4, -0.2) is 21.6 Å². The summed E-state index contributed by atoms with van der Waals surface area (Å²) in [4.78, 5) is 23.4. The number of aromatic hydroxyl groups is 1. The number of non-ortho nitro benzene ring substituents is 1. The van der Waals surface area contributed by atoms with Crippen molar-refractivity contribution < 1.29 is 19.2 Å². The third kappa shape index (κ3) is 3.71. The van der Waals surface area contributed by atoms with Gasteiger partial charge in [0.1, 0.15) is 17.3 Å². The van der Waals surface area contributed by atoms with Gasteiger partial charge in [-0.1, -0.05) is 6.07 Å². The van der Waals surface area contributed by atoms with Gasteiger partial charge in [-0.3, -0.25) is 14.9 Å². The summed E-state index contributed by atoms with van der Waals surface area (Å²) < 4.78 is 5.73. The first-order valence-electron chi connectivity index (χ1n) is 9.51. The number of nitro groups is 1. The second-order valence-electron chi connectivity index (χ2n) is 7.29. The highest BCUT2D eigenvalue weighted by Gasteiger charge is 2.29. The molecule has 8 heteroatoms. The third-order valence-corrected chi connectivity index (χ3v) is 5.17. The summed E-state index contributed by atoms with van der Waals surface area (Å²) in [6.45, 7) is 5.71. The van der Waals surface area contributed by atoms with Crippen LogP contribution in [0.15, 0.2) is 63.6 Å². The summed E-state index contributed by atoms with van der Waals surface area (Å²) in [6, 6.07) is 12.6. The van der Waals surface area contributed by atoms with Gasteiger partial charge >= 0.3 is 0 Å². The number of carbonyl (C=O) groups excluding carboxylic acids is 1. The first-order valence-corrected chi connectivity index (χ1v) is 9.51. The van der Waals surface area contributed by atoms with Crippen LogP contribution < -0.4 is 5.01 Å². The largest absolute Gasteiger partial charge is 0.507 e. The van der Waals surface area contributed by atoms with Crippen molar-refractivity contribution >= 4 is 29.1 Å². The molecule has 1 amide bonds. The first-order chi connectivity index (χ1) is 14.7. The van der Waals surface area contributed by atoms with E-state index < -0.39 is 4.92 Å². The van der Waals surface area contributed by atoms with Gasteiger partial charge in [0, 0.05) is 12.1 Å². The van der Waals surface area contributed by atoms with Crippen LogP contribution in [0.2, 0.25) is 0 Å². The van der Waals surface area contributed by atoms with E-state index in [0.29, 0.717) is 22.7 Å². The van der Waals surface area contributed by atoms with Crippen molar-refractivity contribution in [3.63, 3.8) is 0 Å². The van der Waals surface area contributed by atoms with Gasteiger partial charge in [0.05, 0.1) is 27.5 Å². The predicted molar refractivity (Wildman–Crippen MR) is 117 cm³/mol. The number of carbonyl (C=O) groups is 1. The van der Waals surface area contributed by atoms with Crippen LogP contribution in [0.25, 0.3) is 17.4 Å². The molecule has 0 aliphatic carbocycles. The molecule has 8 nitrogen and oxygen atoms in total. The second kappa shape index (κ2) is 7.56. The molecule has 2 heterocycles. The average molecular weight is 417 g/mol. The number of amides is 1. The Kier molecular flexibility index (Phi) is 4.90. The number of nitrogens with zero attached hydrogens (tertiary/aromatic N) is 3. The summed E-state index contributed by atoms with van der Waals surface area (Å²) in [5, 5.41) is 26.8. The fraction of sp³-hybridized carbons (Fsp3) is 0.130. The molecule has 31 heavy (non-hydrogen) atoms. The van der Waals surface area contributed by atoms with Crippen molar-refractivity contribution in [1.82, 2.24) is 0 Å². The summed E-state index contributed by atoms with van der Waals surface area (Å²) in [5.74, 6) is 0.187. The lowest BCUT2D eigenvalue weighted by Crippen LogP contribution is -2.21. The lowest BCUT2D eigenvalue weighted by molar-refractivity contribution is -0.384. The van der Waals surface area contributed by atoms with Crippen LogP contribution in [0.4, 0.5) is 11.4 Å². The van der Waals surface area contributed by atoms with Gasteiger partial charge in [0.15, 0.2) is 0 Å². The van der Waals surface area contributed by atoms with Crippen LogP contribution in [0.5, 0.6) is 5.75 Å². The van der Waals surface area contributed by atoms with E-state index in [1.54, 1.807) is 25.1 Å². The van der Waals surface area contributed by atoms with Crippen LogP contribution in [0, 0.1) is 24.0 Å². The summed E-state index contributed by atoms with van der Waals surface area (Å²) >= 11 is 0. The minimum Gasteiger partial charge on any atom is -0.507 e. The maximum absolute atomic E-state index is 13.0. The number of rotatable bonds is 4. The van der Waals surface area contributed by atoms with E-state index in [9.17, 15) is 20.0 Å². The Morgan fingerprint density at radius 1 is 1.06 bits per heavy atom. The van der Waals surface area contributed by atoms with Crippen molar-refractivity contribution in [2.75, 3.05) is 5.01 Å². The molecular weight excluding hydrogens is 398 g/mol. The molecule has 2 aromatic carbocycles. The number of nitro benzene ring substituents is 1. The van der Waals surface area contributed by atoms with Gasteiger partial charge in [-0.25, -0.2) is 0 Å². The summed E-state index contributed by atoms with van der Waals surface area (Å²) in [7, 11) is 0. The highest BCUT2D eigenvalue weighted by molar-refractivity contribution is 6.32. The van der Waals surface area contributed by atoms with E-state index in [-0.39, 0.29) is 28.7 Å². The van der Waals surface area contributed by atoms with Crippen molar-refractivity contribution in [2.24, 2.45) is 5.10 Å². The van der Waals surface area contributed by atoms with E-state index in [1.807, 2.05) is 32.0 Å². The molecule has 1 aliphatic heterocycles. The highest BCUT2D eigenvalue weighted by atomic mass is 16.6. The minimum atomic E-state index is -0.548. The molecule has 4 rings (SSSR count). The second-order valence-corrected chi connectivity index (χ2v) is 7.29. The van der Waals surface area contributed by atoms with Crippen LogP contribution in [0.3, 0.4) is 0 Å². The molecule has 0 radical (unpaired) electrons. The van der Waals surface area contributed by atoms with E-state index in [0.717, 1.165) is 11.1 Å². The standard InChI is InChI=1S/C23H19N3O5/c1-13-4-5-16(10-14(13)2)25-23(28)19(15(3)24-25)12-18-7-9-22(31-18)20-11-17(26(29)30)6-8-21(20)27/h4-12,27H,1-3H3/b19-12-. The molecule has 1 N–H and O–H groups in total. The number of phenols is 1. The molecule has 0 atom stereocenters. The number of hydrogen-bond donors (Lipinski definition) is 1. The number of aryl methyl sites for hydroxylation is 2. The zero-order chi connectivity index (χ0) is 22.3. The van der Waals surface area contributed by atoms with Crippen LogP contribution in [0.1, 0.15) is 23.8 Å². The molecule has 0 bridgehead atoms. The number of hydrazone groups is 1. The minimum absolute atomic E-state index is 0.144. The van der Waals surface area contributed by atoms with Gasteiger partial charge < -0.3 is 9.52 Å². The molecule has 156 valence electrons. The van der Waals surface area contributed by atoms with Crippen molar-refractivity contribution in [2.45, 2.75) is 20.8 Å². The lowest BCUT2D eigenvalue weighted by atomic mass is 10.1. The molecule has 0 spiro atoms. The first kappa shape index (κ1) is 20.1. The van der Waals surface area contributed by atoms with E-state index in [2.05, 4.69) is 5.10 Å². The summed E-state index contributed by atoms with van der Waals surface area (Å²) in [5.41, 5.74) is 3.81. The average Bonchev–Trinajstić information content (AvgIpc) is 3.30. The zero-order valence-corrected chi connectivity index (χ0v) is 17.1. The van der Waals surface area contributed by atoms with Crippen molar-refractivity contribution in [3.8, 4) is 17.1 Å². The summed E-state index contributed by atoms with van der Waals surface area (Å²) in [6.07, 6.45) is 1.57. The van der Waals surface area contributed by atoms with Crippen LogP contribution in [-0.2, 0) is 4.79 Å². The Balaban J connectivity index is 1.65.